The predicted octanol–water partition coefficient (Wildman–Crippen LogP) is 4.57. The predicted molar refractivity (Wildman–Crippen MR) is 86.1 cm³/mol. The summed E-state index contributed by atoms with van der Waals surface area (Å²) in [6, 6.07) is 20.0. The van der Waals surface area contributed by atoms with Crippen LogP contribution in [0.4, 0.5) is 0 Å². The van der Waals surface area contributed by atoms with Crippen LogP contribution in [0.1, 0.15) is 11.1 Å². The van der Waals surface area contributed by atoms with Crippen molar-refractivity contribution < 1.29 is 4.84 Å². The van der Waals surface area contributed by atoms with E-state index in [9.17, 15) is 0 Å². The Bertz CT molecular complexity index is 487. The Morgan fingerprint density at radius 2 is 1.42 bits per heavy atom. The Labute approximate surface area is 129 Å². The lowest BCUT2D eigenvalue weighted by Gasteiger charge is -2.09. The largest absolute Gasteiger partial charge is 0.379 e. The van der Waals surface area contributed by atoms with Crippen LogP contribution in [0.3, 0.4) is 0 Å². The summed E-state index contributed by atoms with van der Waals surface area (Å²) in [5.74, 6) is 0. The van der Waals surface area contributed by atoms with E-state index in [0.717, 1.165) is 16.8 Å². The Kier molecular flexibility index (Phi) is 5.61. The van der Waals surface area contributed by atoms with Gasteiger partial charge in [-0.15, -0.1) is 0 Å². The summed E-state index contributed by atoms with van der Waals surface area (Å²) in [6.07, 6.45) is 0. The van der Waals surface area contributed by atoms with Crippen LogP contribution in [0.5, 0.6) is 0 Å². The summed E-state index contributed by atoms with van der Waals surface area (Å²) < 4.78 is 0. The maximum atomic E-state index is 5.42. The molecule has 0 N–H and O–H groups in total. The average Bonchev–Trinajstić information content (AvgIpc) is 2.49. The van der Waals surface area contributed by atoms with E-state index in [0.29, 0.717) is 5.33 Å². The van der Waals surface area contributed by atoms with Crippen LogP contribution >= 0.6 is 31.9 Å². The van der Waals surface area contributed by atoms with Gasteiger partial charge in [0.2, 0.25) is 0 Å². The van der Waals surface area contributed by atoms with Gasteiger partial charge in [-0.25, -0.2) is 0 Å². The van der Waals surface area contributed by atoms with Gasteiger partial charge in [-0.3, -0.25) is 0 Å². The van der Waals surface area contributed by atoms with Gasteiger partial charge in [0.15, 0.2) is 5.01 Å². The second-order valence-electron chi connectivity index (χ2n) is 3.84. The summed E-state index contributed by atoms with van der Waals surface area (Å²) >= 11 is 6.71. The minimum absolute atomic E-state index is 0.144. The van der Waals surface area contributed by atoms with Crippen molar-refractivity contribution in [2.24, 2.45) is 5.16 Å². The normalized spacial score (nSPS) is 11.7. The van der Waals surface area contributed by atoms with Gasteiger partial charge in [-0.1, -0.05) is 81.7 Å². The summed E-state index contributed by atoms with van der Waals surface area (Å²) in [7, 11) is 0. The molecule has 2 aromatic carbocycles. The first-order valence-electron chi connectivity index (χ1n) is 5.86. The van der Waals surface area contributed by atoms with Gasteiger partial charge in [-0.05, 0) is 15.9 Å². The molecular weight excluding hydrogens is 370 g/mol. The highest BCUT2D eigenvalue weighted by Gasteiger charge is 2.08. The number of benzene rings is 2. The maximum absolute atomic E-state index is 5.42. The number of halogens is 2. The van der Waals surface area contributed by atoms with E-state index in [1.54, 1.807) is 0 Å². The highest BCUT2D eigenvalue weighted by atomic mass is 79.9. The fourth-order valence-electron chi connectivity index (χ4n) is 1.60. The lowest BCUT2D eigenvalue weighted by atomic mass is 10.0. The van der Waals surface area contributed by atoms with Crippen molar-refractivity contribution in [2.45, 2.75) is 5.01 Å². The van der Waals surface area contributed by atoms with Crippen molar-refractivity contribution in [1.82, 2.24) is 0 Å². The van der Waals surface area contributed by atoms with Crippen LogP contribution in [0.25, 0.3) is 0 Å². The third kappa shape index (κ3) is 4.18. The monoisotopic (exact) mass is 381 g/mol. The number of hydrogen-bond acceptors (Lipinski definition) is 2. The minimum Gasteiger partial charge on any atom is -0.379 e. The number of rotatable bonds is 5. The second-order valence-corrected chi connectivity index (χ2v) is 5.51. The third-order valence-corrected chi connectivity index (χ3v) is 4.42. The molecule has 1 atom stereocenters. The van der Waals surface area contributed by atoms with Crippen molar-refractivity contribution in [3.05, 3.63) is 71.8 Å². The fourth-order valence-corrected chi connectivity index (χ4v) is 1.80. The summed E-state index contributed by atoms with van der Waals surface area (Å²) in [5, 5.41) is 4.81. The van der Waals surface area contributed by atoms with Gasteiger partial charge in [-0.2, -0.15) is 0 Å². The SMILES string of the molecule is BrCC(Br)ON=C(c1ccccc1)c1ccccc1. The Morgan fingerprint density at radius 1 is 0.947 bits per heavy atom. The van der Waals surface area contributed by atoms with E-state index in [1.165, 1.54) is 0 Å². The molecule has 19 heavy (non-hydrogen) atoms. The molecule has 0 aliphatic heterocycles. The van der Waals surface area contributed by atoms with Crippen LogP contribution < -0.4 is 0 Å². The van der Waals surface area contributed by atoms with Gasteiger partial charge in [0, 0.05) is 11.1 Å². The third-order valence-electron chi connectivity index (χ3n) is 2.47. The topological polar surface area (TPSA) is 21.6 Å². The highest BCUT2D eigenvalue weighted by Crippen LogP contribution is 2.13. The summed E-state index contributed by atoms with van der Waals surface area (Å²) in [5.41, 5.74) is 2.89. The molecule has 4 heteroatoms. The standard InChI is InChI=1S/C15H13Br2NO/c16-11-14(17)19-18-15(12-7-3-1-4-8-12)13-9-5-2-6-10-13/h1-10,14H,11H2. The van der Waals surface area contributed by atoms with Crippen LogP contribution in [-0.2, 0) is 4.84 Å². The van der Waals surface area contributed by atoms with Crippen molar-refractivity contribution in [3.8, 4) is 0 Å². The lowest BCUT2D eigenvalue weighted by molar-refractivity contribution is 0.142. The molecule has 0 saturated carbocycles. The number of nitrogens with zero attached hydrogens (tertiary/aromatic N) is 1. The minimum atomic E-state index is -0.144. The fraction of sp³-hybridized carbons (Fsp3) is 0.133. The van der Waals surface area contributed by atoms with Gasteiger partial charge in [0.05, 0.1) is 5.33 Å². The molecule has 0 heterocycles. The second kappa shape index (κ2) is 7.46. The molecule has 0 bridgehead atoms. The first-order valence-corrected chi connectivity index (χ1v) is 7.89. The number of oxime groups is 1. The van der Waals surface area contributed by atoms with Crippen LogP contribution in [-0.4, -0.2) is 16.1 Å². The molecule has 0 aromatic heterocycles. The molecule has 0 aliphatic carbocycles. The molecular formula is C15H13Br2NO. The van der Waals surface area contributed by atoms with Crippen molar-refractivity contribution in [1.29, 1.82) is 0 Å². The molecule has 0 fully saturated rings. The smallest absolute Gasteiger partial charge is 0.191 e. The first-order chi connectivity index (χ1) is 9.31. The van der Waals surface area contributed by atoms with Gasteiger partial charge < -0.3 is 4.84 Å². The number of hydrogen-bond donors (Lipinski definition) is 0. The Hall–Kier alpha value is -1.13. The molecule has 0 aliphatic rings. The van der Waals surface area contributed by atoms with E-state index < -0.39 is 0 Å². The first kappa shape index (κ1) is 14.3. The summed E-state index contributed by atoms with van der Waals surface area (Å²) in [4.78, 5) is 5.42. The Morgan fingerprint density at radius 3 is 1.84 bits per heavy atom. The molecule has 0 radical (unpaired) electrons. The zero-order valence-electron chi connectivity index (χ0n) is 10.2. The molecule has 2 aromatic rings. The van der Waals surface area contributed by atoms with Crippen molar-refractivity contribution in [2.75, 3.05) is 5.33 Å². The van der Waals surface area contributed by atoms with Gasteiger partial charge >= 0.3 is 0 Å². The molecule has 1 unspecified atom stereocenters. The van der Waals surface area contributed by atoms with Crippen LogP contribution in [0.2, 0.25) is 0 Å². The molecule has 0 spiro atoms. The van der Waals surface area contributed by atoms with E-state index in [2.05, 4.69) is 37.0 Å². The van der Waals surface area contributed by atoms with Crippen LogP contribution in [0, 0.1) is 0 Å². The molecule has 2 nitrogen and oxygen atoms in total. The molecule has 0 amide bonds. The van der Waals surface area contributed by atoms with Crippen molar-refractivity contribution in [3.63, 3.8) is 0 Å². The average molecular weight is 383 g/mol. The zero-order chi connectivity index (χ0) is 13.5. The van der Waals surface area contributed by atoms with E-state index in [1.807, 2.05) is 60.7 Å². The van der Waals surface area contributed by atoms with Crippen LogP contribution in [0.15, 0.2) is 65.8 Å². The van der Waals surface area contributed by atoms with Gasteiger partial charge in [0.25, 0.3) is 0 Å². The van der Waals surface area contributed by atoms with E-state index in [-0.39, 0.29) is 5.01 Å². The molecule has 98 valence electrons. The lowest BCUT2D eigenvalue weighted by Crippen LogP contribution is -2.08. The zero-order valence-corrected chi connectivity index (χ0v) is 13.3. The highest BCUT2D eigenvalue weighted by molar-refractivity contribution is 9.12. The maximum Gasteiger partial charge on any atom is 0.191 e. The number of alkyl halides is 2. The summed E-state index contributed by atoms with van der Waals surface area (Å²) in [6.45, 7) is 0. The van der Waals surface area contributed by atoms with E-state index >= 15 is 0 Å². The quantitative estimate of drug-likeness (QED) is 0.421. The molecule has 2 rings (SSSR count). The van der Waals surface area contributed by atoms with Crippen molar-refractivity contribution >= 4 is 37.6 Å². The van der Waals surface area contributed by atoms with E-state index in [4.69, 9.17) is 4.84 Å². The Balaban J connectivity index is 2.34. The molecule has 0 saturated heterocycles. The van der Waals surface area contributed by atoms with Gasteiger partial charge in [0.1, 0.15) is 5.71 Å².